The molecule has 0 saturated carbocycles. The molecule has 0 amide bonds. The molecule has 1 aliphatic rings. The number of rotatable bonds is 4. The van der Waals surface area contributed by atoms with Gasteiger partial charge in [-0.25, -0.2) is 8.42 Å². The first-order valence-electron chi connectivity index (χ1n) is 8.16. The van der Waals surface area contributed by atoms with Gasteiger partial charge in [0.05, 0.1) is 19.3 Å². The molecule has 1 aromatic heterocycles. The molecule has 2 heterocycles. The highest BCUT2D eigenvalue weighted by molar-refractivity contribution is 7.89. The third-order valence-electron chi connectivity index (χ3n) is 4.18. The molecule has 1 aromatic carbocycles. The molecule has 134 valence electrons. The first-order valence-corrected chi connectivity index (χ1v) is 9.60. The summed E-state index contributed by atoms with van der Waals surface area (Å²) in [7, 11) is -2.21. The molecule has 0 radical (unpaired) electrons. The molecular formula is C18H22N2O4S. The van der Waals surface area contributed by atoms with Gasteiger partial charge in [-0.2, -0.15) is 4.31 Å². The van der Waals surface area contributed by atoms with Gasteiger partial charge >= 0.3 is 0 Å². The van der Waals surface area contributed by atoms with Gasteiger partial charge in [0.2, 0.25) is 10.0 Å². The van der Waals surface area contributed by atoms with E-state index in [-0.39, 0.29) is 17.1 Å². The highest BCUT2D eigenvalue weighted by Crippen LogP contribution is 2.32. The highest BCUT2D eigenvalue weighted by atomic mass is 32.2. The van der Waals surface area contributed by atoms with Crippen molar-refractivity contribution < 1.29 is 17.9 Å². The minimum absolute atomic E-state index is 0.145. The Kier molecular flexibility index (Phi) is 5.08. The fraction of sp³-hybridized carbons (Fsp3) is 0.389. The minimum Gasteiger partial charge on any atom is -0.495 e. The lowest BCUT2D eigenvalue weighted by atomic mass is 10.1. The van der Waals surface area contributed by atoms with Crippen molar-refractivity contribution in [3.05, 3.63) is 42.7 Å². The molecule has 3 rings (SSSR count). The summed E-state index contributed by atoms with van der Waals surface area (Å²) in [4.78, 5) is 4.17. The van der Waals surface area contributed by atoms with Crippen molar-refractivity contribution in [3.8, 4) is 16.9 Å². The lowest BCUT2D eigenvalue weighted by Gasteiger charge is -2.34. The third kappa shape index (κ3) is 3.68. The Morgan fingerprint density at radius 1 is 1.08 bits per heavy atom. The van der Waals surface area contributed by atoms with Crippen LogP contribution in [0.15, 0.2) is 47.6 Å². The van der Waals surface area contributed by atoms with Crippen LogP contribution < -0.4 is 4.74 Å². The Hall–Kier alpha value is -1.96. The van der Waals surface area contributed by atoms with Crippen molar-refractivity contribution in [1.82, 2.24) is 9.29 Å². The number of benzene rings is 1. The monoisotopic (exact) mass is 362 g/mol. The number of aromatic nitrogens is 1. The largest absolute Gasteiger partial charge is 0.495 e. The van der Waals surface area contributed by atoms with Gasteiger partial charge < -0.3 is 9.47 Å². The first-order chi connectivity index (χ1) is 11.9. The van der Waals surface area contributed by atoms with Crippen LogP contribution in [0.25, 0.3) is 11.1 Å². The van der Waals surface area contributed by atoms with Gasteiger partial charge in [-0.3, -0.25) is 4.98 Å². The van der Waals surface area contributed by atoms with E-state index in [0.29, 0.717) is 18.8 Å². The number of methoxy groups -OCH3 is 1. The van der Waals surface area contributed by atoms with Crippen LogP contribution in [0.3, 0.4) is 0 Å². The zero-order chi connectivity index (χ0) is 18.0. The average molecular weight is 362 g/mol. The number of hydrogen-bond acceptors (Lipinski definition) is 5. The van der Waals surface area contributed by atoms with Crippen LogP contribution in [0.1, 0.15) is 13.8 Å². The second-order valence-corrected chi connectivity index (χ2v) is 8.09. The zero-order valence-electron chi connectivity index (χ0n) is 14.5. The van der Waals surface area contributed by atoms with Crippen molar-refractivity contribution in [1.29, 1.82) is 0 Å². The fourth-order valence-corrected chi connectivity index (χ4v) is 4.84. The number of ether oxygens (including phenoxy) is 2. The molecule has 1 saturated heterocycles. The summed E-state index contributed by atoms with van der Waals surface area (Å²) in [5.41, 5.74) is 1.70. The fourth-order valence-electron chi connectivity index (χ4n) is 3.07. The van der Waals surface area contributed by atoms with Crippen LogP contribution in [-0.2, 0) is 14.8 Å². The Balaban J connectivity index is 2.05. The summed E-state index contributed by atoms with van der Waals surface area (Å²) < 4.78 is 38.9. The molecule has 0 spiro atoms. The van der Waals surface area contributed by atoms with E-state index in [9.17, 15) is 8.42 Å². The average Bonchev–Trinajstić information content (AvgIpc) is 2.61. The molecule has 7 heteroatoms. The normalized spacial score (nSPS) is 21.9. The van der Waals surface area contributed by atoms with Crippen LogP contribution >= 0.6 is 0 Å². The first kappa shape index (κ1) is 17.8. The summed E-state index contributed by atoms with van der Waals surface area (Å²) in [5.74, 6) is 0.338. The van der Waals surface area contributed by atoms with Gasteiger partial charge in [0.15, 0.2) is 0 Å². The number of pyridine rings is 1. The molecule has 6 nitrogen and oxygen atoms in total. The van der Waals surface area contributed by atoms with Crippen LogP contribution in [0.2, 0.25) is 0 Å². The second-order valence-electron chi connectivity index (χ2n) is 6.18. The number of nitrogens with zero attached hydrogens (tertiary/aromatic N) is 2. The Labute approximate surface area is 148 Å². The van der Waals surface area contributed by atoms with E-state index in [1.54, 1.807) is 24.5 Å². The van der Waals surface area contributed by atoms with Gasteiger partial charge in [-0.05, 0) is 49.2 Å². The van der Waals surface area contributed by atoms with Crippen LogP contribution in [0, 0.1) is 0 Å². The quantitative estimate of drug-likeness (QED) is 0.836. The van der Waals surface area contributed by atoms with E-state index in [4.69, 9.17) is 9.47 Å². The number of morpholine rings is 1. The molecular weight excluding hydrogens is 340 g/mol. The lowest BCUT2D eigenvalue weighted by Crippen LogP contribution is -2.48. The van der Waals surface area contributed by atoms with Crippen LogP contribution in [0.5, 0.6) is 5.75 Å². The minimum atomic E-state index is -3.69. The summed E-state index contributed by atoms with van der Waals surface area (Å²) in [5, 5.41) is 0. The predicted molar refractivity (Wildman–Crippen MR) is 95.0 cm³/mol. The number of hydrogen-bond donors (Lipinski definition) is 0. The summed E-state index contributed by atoms with van der Waals surface area (Å²) in [6.07, 6.45) is 3.07. The van der Waals surface area contributed by atoms with Gasteiger partial charge in [0, 0.05) is 25.5 Å². The topological polar surface area (TPSA) is 68.7 Å². The van der Waals surface area contributed by atoms with Gasteiger partial charge in [0.1, 0.15) is 10.6 Å². The third-order valence-corrected chi connectivity index (χ3v) is 6.03. The van der Waals surface area contributed by atoms with E-state index < -0.39 is 10.0 Å². The maximum absolute atomic E-state index is 13.2. The van der Waals surface area contributed by atoms with E-state index in [2.05, 4.69) is 4.98 Å². The molecule has 25 heavy (non-hydrogen) atoms. The smallest absolute Gasteiger partial charge is 0.246 e. The lowest BCUT2D eigenvalue weighted by molar-refractivity contribution is -0.0441. The Morgan fingerprint density at radius 2 is 1.72 bits per heavy atom. The highest BCUT2D eigenvalue weighted by Gasteiger charge is 2.34. The van der Waals surface area contributed by atoms with Gasteiger partial charge in [-0.1, -0.05) is 6.07 Å². The van der Waals surface area contributed by atoms with Crippen LogP contribution in [-0.4, -0.2) is 50.1 Å². The standard InChI is InChI=1S/C18H22N2O4S/c1-13-11-20(12-14(2)24-13)25(21,22)18-10-16(4-5-17(18)23-3)15-6-8-19-9-7-15/h4-10,13-14H,11-12H2,1-3H3/t13-,14+. The maximum atomic E-state index is 13.2. The van der Waals surface area contributed by atoms with Crippen LogP contribution in [0.4, 0.5) is 0 Å². The van der Waals surface area contributed by atoms with E-state index in [0.717, 1.165) is 11.1 Å². The second kappa shape index (κ2) is 7.11. The molecule has 2 atom stereocenters. The summed E-state index contributed by atoms with van der Waals surface area (Å²) in [6.45, 7) is 4.41. The van der Waals surface area contributed by atoms with Crippen molar-refractivity contribution in [2.45, 2.75) is 31.0 Å². The molecule has 0 aliphatic carbocycles. The molecule has 0 N–H and O–H groups in total. The van der Waals surface area contributed by atoms with Gasteiger partial charge in [-0.15, -0.1) is 0 Å². The van der Waals surface area contributed by atoms with E-state index in [1.807, 2.05) is 32.0 Å². The zero-order valence-corrected chi connectivity index (χ0v) is 15.4. The Bertz CT molecular complexity index is 829. The summed E-state index contributed by atoms with van der Waals surface area (Å²) >= 11 is 0. The van der Waals surface area contributed by atoms with Gasteiger partial charge in [0.25, 0.3) is 0 Å². The van der Waals surface area contributed by atoms with Crippen molar-refractivity contribution in [2.24, 2.45) is 0 Å². The molecule has 1 aliphatic heterocycles. The van der Waals surface area contributed by atoms with E-state index in [1.165, 1.54) is 11.4 Å². The molecule has 0 bridgehead atoms. The maximum Gasteiger partial charge on any atom is 0.246 e. The molecule has 0 unspecified atom stereocenters. The van der Waals surface area contributed by atoms with Crippen molar-refractivity contribution in [2.75, 3.05) is 20.2 Å². The van der Waals surface area contributed by atoms with Crippen molar-refractivity contribution >= 4 is 10.0 Å². The predicted octanol–water partition coefficient (Wildman–Crippen LogP) is 2.56. The molecule has 2 aromatic rings. The molecule has 1 fully saturated rings. The SMILES string of the molecule is COc1ccc(-c2ccncc2)cc1S(=O)(=O)N1C[C@@H](C)O[C@@H](C)C1. The van der Waals surface area contributed by atoms with E-state index >= 15 is 0 Å². The summed E-state index contributed by atoms with van der Waals surface area (Å²) in [6, 6.07) is 8.89. The number of sulfonamides is 1. The Morgan fingerprint density at radius 3 is 2.32 bits per heavy atom. The van der Waals surface area contributed by atoms with Crippen molar-refractivity contribution in [3.63, 3.8) is 0 Å².